The summed E-state index contributed by atoms with van der Waals surface area (Å²) in [4.78, 5) is 11.1. The minimum absolute atomic E-state index is 0.534. The molecule has 2 fully saturated rings. The average molecular weight is 294 g/mol. The maximum atomic E-state index is 4.41. The van der Waals surface area contributed by atoms with Crippen LogP contribution in [0.25, 0.3) is 0 Å². The lowest BCUT2D eigenvalue weighted by Crippen LogP contribution is -2.34. The number of nitrogens with zero attached hydrogens (tertiary/aromatic N) is 3. The van der Waals surface area contributed by atoms with Crippen LogP contribution in [0.3, 0.4) is 0 Å². The number of anilines is 2. The van der Waals surface area contributed by atoms with Gasteiger partial charge in [-0.05, 0) is 37.2 Å². The van der Waals surface area contributed by atoms with Crippen LogP contribution >= 0.6 is 0 Å². The molecule has 0 unspecified atom stereocenters. The zero-order valence-electron chi connectivity index (χ0n) is 12.8. The van der Waals surface area contributed by atoms with Crippen molar-refractivity contribution < 1.29 is 0 Å². The van der Waals surface area contributed by atoms with E-state index >= 15 is 0 Å². The highest BCUT2D eigenvalue weighted by Crippen LogP contribution is 2.38. The zero-order valence-corrected chi connectivity index (χ0v) is 12.8. The molecule has 4 rings (SSSR count). The van der Waals surface area contributed by atoms with Crippen molar-refractivity contribution >= 4 is 11.6 Å². The third-order valence-electron chi connectivity index (χ3n) is 4.84. The fraction of sp³-hybridized carbons (Fsp3) is 0.444. The molecule has 1 saturated carbocycles. The van der Waals surface area contributed by atoms with Crippen LogP contribution in [0.4, 0.5) is 11.6 Å². The Morgan fingerprint density at radius 2 is 1.77 bits per heavy atom. The average Bonchev–Trinajstić information content (AvgIpc) is 3.06. The first-order valence-corrected chi connectivity index (χ1v) is 8.27. The standard InChI is InChI=1S/C18H22N4/c1-2-6-14(7-3-1)15-10-16(11-15)21-17-12-18(20-13-19-17)22-8-4-5-9-22/h1-3,6-7,12-13,15-16H,4-5,8-11H2,(H,19,20,21). The molecule has 4 nitrogen and oxygen atoms in total. The monoisotopic (exact) mass is 294 g/mol. The van der Waals surface area contributed by atoms with Gasteiger partial charge in [-0.3, -0.25) is 0 Å². The van der Waals surface area contributed by atoms with Gasteiger partial charge in [-0.15, -0.1) is 0 Å². The molecule has 0 spiro atoms. The Morgan fingerprint density at radius 1 is 1.00 bits per heavy atom. The van der Waals surface area contributed by atoms with Gasteiger partial charge in [-0.25, -0.2) is 9.97 Å². The highest BCUT2D eigenvalue weighted by Gasteiger charge is 2.30. The van der Waals surface area contributed by atoms with Crippen molar-refractivity contribution in [1.29, 1.82) is 0 Å². The van der Waals surface area contributed by atoms with Gasteiger partial charge >= 0.3 is 0 Å². The van der Waals surface area contributed by atoms with E-state index in [0.29, 0.717) is 12.0 Å². The van der Waals surface area contributed by atoms with Gasteiger partial charge in [0.15, 0.2) is 0 Å². The van der Waals surface area contributed by atoms with E-state index in [1.807, 2.05) is 0 Å². The van der Waals surface area contributed by atoms with Crippen LogP contribution in [0, 0.1) is 0 Å². The van der Waals surface area contributed by atoms with E-state index in [1.54, 1.807) is 6.33 Å². The number of hydrogen-bond acceptors (Lipinski definition) is 4. The third kappa shape index (κ3) is 2.78. The molecule has 0 atom stereocenters. The summed E-state index contributed by atoms with van der Waals surface area (Å²) < 4.78 is 0. The van der Waals surface area contributed by atoms with Gasteiger partial charge in [0.1, 0.15) is 18.0 Å². The summed E-state index contributed by atoms with van der Waals surface area (Å²) in [5.41, 5.74) is 1.46. The summed E-state index contributed by atoms with van der Waals surface area (Å²) in [5.74, 6) is 2.72. The molecule has 0 bridgehead atoms. The molecule has 2 heterocycles. The van der Waals surface area contributed by atoms with Crippen LogP contribution in [0.1, 0.15) is 37.2 Å². The maximum Gasteiger partial charge on any atom is 0.134 e. The Morgan fingerprint density at radius 3 is 2.55 bits per heavy atom. The van der Waals surface area contributed by atoms with Gasteiger partial charge in [0.2, 0.25) is 0 Å². The van der Waals surface area contributed by atoms with Gasteiger partial charge in [0.05, 0.1) is 0 Å². The second-order valence-electron chi connectivity index (χ2n) is 6.38. The number of hydrogen-bond donors (Lipinski definition) is 1. The number of benzene rings is 1. The van der Waals surface area contributed by atoms with Crippen molar-refractivity contribution in [2.24, 2.45) is 0 Å². The lowest BCUT2D eigenvalue weighted by Gasteiger charge is -2.36. The highest BCUT2D eigenvalue weighted by atomic mass is 15.2. The molecule has 1 aliphatic heterocycles. The van der Waals surface area contributed by atoms with Gasteiger partial charge < -0.3 is 10.2 Å². The quantitative estimate of drug-likeness (QED) is 0.938. The molecule has 4 heteroatoms. The molecular weight excluding hydrogens is 272 g/mol. The smallest absolute Gasteiger partial charge is 0.134 e. The molecule has 1 N–H and O–H groups in total. The Kier molecular flexibility index (Phi) is 3.67. The van der Waals surface area contributed by atoms with E-state index in [2.05, 4.69) is 56.6 Å². The van der Waals surface area contributed by atoms with Crippen LogP contribution in [0.5, 0.6) is 0 Å². The van der Waals surface area contributed by atoms with Crippen molar-refractivity contribution in [3.8, 4) is 0 Å². The summed E-state index contributed by atoms with van der Waals surface area (Å²) in [6, 6.07) is 13.4. The second kappa shape index (κ2) is 5.95. The van der Waals surface area contributed by atoms with Crippen LogP contribution in [-0.2, 0) is 0 Å². The summed E-state index contributed by atoms with van der Waals surface area (Å²) >= 11 is 0. The largest absolute Gasteiger partial charge is 0.367 e. The Bertz CT molecular complexity index is 616. The second-order valence-corrected chi connectivity index (χ2v) is 6.38. The molecule has 1 aliphatic carbocycles. The topological polar surface area (TPSA) is 41.0 Å². The lowest BCUT2D eigenvalue weighted by molar-refractivity contribution is 0.373. The van der Waals surface area contributed by atoms with Crippen molar-refractivity contribution in [2.75, 3.05) is 23.3 Å². The van der Waals surface area contributed by atoms with Gasteiger partial charge in [0, 0.05) is 25.2 Å². The van der Waals surface area contributed by atoms with Gasteiger partial charge in [0.25, 0.3) is 0 Å². The Balaban J connectivity index is 1.36. The molecule has 1 aromatic heterocycles. The predicted molar refractivity (Wildman–Crippen MR) is 89.3 cm³/mol. The van der Waals surface area contributed by atoms with Crippen LogP contribution in [0.15, 0.2) is 42.7 Å². The van der Waals surface area contributed by atoms with E-state index in [-0.39, 0.29) is 0 Å². The van der Waals surface area contributed by atoms with Crippen LogP contribution < -0.4 is 10.2 Å². The van der Waals surface area contributed by atoms with E-state index in [4.69, 9.17) is 0 Å². The third-order valence-corrected chi connectivity index (χ3v) is 4.84. The minimum Gasteiger partial charge on any atom is -0.367 e. The maximum absolute atomic E-state index is 4.41. The van der Waals surface area contributed by atoms with Crippen molar-refractivity contribution in [2.45, 2.75) is 37.6 Å². The summed E-state index contributed by atoms with van der Waals surface area (Å²) in [5, 5.41) is 3.56. The van der Waals surface area contributed by atoms with Crippen molar-refractivity contribution in [3.63, 3.8) is 0 Å². The Hall–Kier alpha value is -2.10. The number of rotatable bonds is 4. The lowest BCUT2D eigenvalue weighted by atomic mass is 9.76. The molecule has 0 radical (unpaired) electrons. The molecule has 1 aromatic carbocycles. The van der Waals surface area contributed by atoms with E-state index in [1.165, 1.54) is 31.2 Å². The number of nitrogens with one attached hydrogen (secondary N) is 1. The molecule has 22 heavy (non-hydrogen) atoms. The molecule has 2 aromatic rings. The fourth-order valence-corrected chi connectivity index (χ4v) is 3.49. The van der Waals surface area contributed by atoms with E-state index in [9.17, 15) is 0 Å². The van der Waals surface area contributed by atoms with E-state index in [0.717, 1.165) is 24.7 Å². The molecule has 114 valence electrons. The first-order chi connectivity index (χ1) is 10.9. The SMILES string of the molecule is c1ccc(C2CC(Nc3cc(N4CCCC4)ncn3)C2)cc1. The molecule has 1 saturated heterocycles. The fourth-order valence-electron chi connectivity index (χ4n) is 3.49. The first-order valence-electron chi connectivity index (χ1n) is 8.27. The van der Waals surface area contributed by atoms with Crippen molar-refractivity contribution in [1.82, 2.24) is 9.97 Å². The summed E-state index contributed by atoms with van der Waals surface area (Å²) in [7, 11) is 0. The van der Waals surface area contributed by atoms with Gasteiger partial charge in [-0.1, -0.05) is 30.3 Å². The Labute approximate surface area is 131 Å². The van der Waals surface area contributed by atoms with E-state index < -0.39 is 0 Å². The molecule has 0 amide bonds. The van der Waals surface area contributed by atoms with Gasteiger partial charge in [-0.2, -0.15) is 0 Å². The first kappa shape index (κ1) is 13.6. The zero-order chi connectivity index (χ0) is 14.8. The van der Waals surface area contributed by atoms with Crippen LogP contribution in [0.2, 0.25) is 0 Å². The van der Waals surface area contributed by atoms with Crippen LogP contribution in [-0.4, -0.2) is 29.1 Å². The summed E-state index contributed by atoms with van der Waals surface area (Å²) in [6.45, 7) is 2.24. The normalized spacial score (nSPS) is 24.1. The molecular formula is C18H22N4. The predicted octanol–water partition coefficient (Wildman–Crippen LogP) is 3.43. The highest BCUT2D eigenvalue weighted by molar-refractivity contribution is 5.49. The van der Waals surface area contributed by atoms with Crippen molar-refractivity contribution in [3.05, 3.63) is 48.3 Å². The molecule has 2 aliphatic rings. The number of aromatic nitrogens is 2. The summed E-state index contributed by atoms with van der Waals surface area (Å²) in [6.07, 6.45) is 6.60. The minimum atomic E-state index is 0.534.